The molecule has 1 saturated heterocycles. The maximum absolute atomic E-state index is 12.0. The van der Waals surface area contributed by atoms with Crippen LogP contribution in [-0.4, -0.2) is 29.0 Å². The van der Waals surface area contributed by atoms with Gasteiger partial charge in [0.25, 0.3) is 0 Å². The van der Waals surface area contributed by atoms with Crippen LogP contribution < -0.4 is 0 Å². The third kappa shape index (κ3) is 2.59. The van der Waals surface area contributed by atoms with E-state index in [4.69, 9.17) is 9.47 Å². The van der Waals surface area contributed by atoms with Gasteiger partial charge < -0.3 is 9.47 Å². The standard InChI is InChI=1S/C12H17BrN2O3/c1-3-17-12(16)11-10(13)8(2)14-15(11)9-6-4-5-7-18-9/h9H,3-7H2,1-2H3. The molecule has 0 spiro atoms. The summed E-state index contributed by atoms with van der Waals surface area (Å²) < 4.78 is 13.1. The molecule has 2 rings (SSSR count). The van der Waals surface area contributed by atoms with Crippen molar-refractivity contribution in [1.82, 2.24) is 9.78 Å². The molecule has 100 valence electrons. The molecule has 0 aromatic carbocycles. The normalized spacial score (nSPS) is 19.8. The molecule has 1 unspecified atom stereocenters. The van der Waals surface area contributed by atoms with Crippen LogP contribution in [0, 0.1) is 6.92 Å². The fourth-order valence-electron chi connectivity index (χ4n) is 2.04. The van der Waals surface area contributed by atoms with E-state index < -0.39 is 0 Å². The molecule has 0 bridgehead atoms. The Balaban J connectivity index is 2.33. The molecular weight excluding hydrogens is 300 g/mol. The van der Waals surface area contributed by atoms with Crippen LogP contribution in [0.4, 0.5) is 0 Å². The molecule has 0 aliphatic carbocycles. The van der Waals surface area contributed by atoms with E-state index in [-0.39, 0.29) is 12.2 Å². The second-order valence-electron chi connectivity index (χ2n) is 4.23. The smallest absolute Gasteiger partial charge is 0.357 e. The topological polar surface area (TPSA) is 53.3 Å². The van der Waals surface area contributed by atoms with E-state index in [0.29, 0.717) is 23.4 Å². The SMILES string of the molecule is CCOC(=O)c1c(Br)c(C)nn1C1CCCCO1. The Morgan fingerprint density at radius 1 is 1.61 bits per heavy atom. The zero-order valence-electron chi connectivity index (χ0n) is 10.6. The second-order valence-corrected chi connectivity index (χ2v) is 5.03. The van der Waals surface area contributed by atoms with Crippen molar-refractivity contribution in [3.8, 4) is 0 Å². The van der Waals surface area contributed by atoms with Crippen LogP contribution in [0.15, 0.2) is 4.47 Å². The van der Waals surface area contributed by atoms with Gasteiger partial charge in [0.15, 0.2) is 11.9 Å². The fourth-order valence-corrected chi connectivity index (χ4v) is 2.46. The molecule has 6 heteroatoms. The molecule has 1 fully saturated rings. The fraction of sp³-hybridized carbons (Fsp3) is 0.667. The van der Waals surface area contributed by atoms with E-state index in [1.807, 2.05) is 6.92 Å². The Hall–Kier alpha value is -0.880. The van der Waals surface area contributed by atoms with Gasteiger partial charge in [-0.25, -0.2) is 9.48 Å². The van der Waals surface area contributed by atoms with Crippen LogP contribution in [0.2, 0.25) is 0 Å². The molecular formula is C12H17BrN2O3. The maximum atomic E-state index is 12.0. The molecule has 18 heavy (non-hydrogen) atoms. The average molecular weight is 317 g/mol. The first-order chi connectivity index (χ1) is 8.65. The van der Waals surface area contributed by atoms with Gasteiger partial charge >= 0.3 is 5.97 Å². The van der Waals surface area contributed by atoms with Gasteiger partial charge in [-0.1, -0.05) is 0 Å². The van der Waals surface area contributed by atoms with Crippen molar-refractivity contribution >= 4 is 21.9 Å². The Bertz CT molecular complexity index is 439. The summed E-state index contributed by atoms with van der Waals surface area (Å²) in [5.41, 5.74) is 1.22. The summed E-state index contributed by atoms with van der Waals surface area (Å²) in [5.74, 6) is -0.362. The van der Waals surface area contributed by atoms with E-state index in [1.54, 1.807) is 11.6 Å². The predicted molar refractivity (Wildman–Crippen MR) is 69.5 cm³/mol. The van der Waals surface area contributed by atoms with Crippen LogP contribution in [0.25, 0.3) is 0 Å². The summed E-state index contributed by atoms with van der Waals surface area (Å²) in [7, 11) is 0. The molecule has 1 aromatic heterocycles. The number of hydrogen-bond donors (Lipinski definition) is 0. The van der Waals surface area contributed by atoms with Crippen LogP contribution in [-0.2, 0) is 9.47 Å². The van der Waals surface area contributed by atoms with Crippen LogP contribution in [0.3, 0.4) is 0 Å². The number of halogens is 1. The number of esters is 1. The highest BCUT2D eigenvalue weighted by molar-refractivity contribution is 9.10. The third-order valence-corrected chi connectivity index (χ3v) is 3.86. The van der Waals surface area contributed by atoms with Gasteiger partial charge in [-0.3, -0.25) is 0 Å². The lowest BCUT2D eigenvalue weighted by molar-refractivity contribution is -0.0419. The Labute approximate surface area is 115 Å². The lowest BCUT2D eigenvalue weighted by atomic mass is 10.2. The molecule has 0 saturated carbocycles. The molecule has 1 aliphatic heterocycles. The Morgan fingerprint density at radius 3 is 3.00 bits per heavy atom. The molecule has 0 radical (unpaired) electrons. The average Bonchev–Trinajstić information content (AvgIpc) is 2.67. The Kier molecular flexibility index (Phi) is 4.40. The van der Waals surface area contributed by atoms with Gasteiger partial charge in [-0.15, -0.1) is 0 Å². The van der Waals surface area contributed by atoms with Crippen molar-refractivity contribution in [2.24, 2.45) is 0 Å². The molecule has 2 heterocycles. The molecule has 0 amide bonds. The molecule has 5 nitrogen and oxygen atoms in total. The van der Waals surface area contributed by atoms with Gasteiger partial charge in [0.2, 0.25) is 0 Å². The van der Waals surface area contributed by atoms with Gasteiger partial charge in [0, 0.05) is 6.61 Å². The van der Waals surface area contributed by atoms with Gasteiger partial charge in [-0.2, -0.15) is 5.10 Å². The van der Waals surface area contributed by atoms with Crippen molar-refractivity contribution in [3.63, 3.8) is 0 Å². The molecule has 0 N–H and O–H groups in total. The number of nitrogens with zero attached hydrogens (tertiary/aromatic N) is 2. The number of carbonyl (C=O) groups excluding carboxylic acids is 1. The largest absolute Gasteiger partial charge is 0.461 e. The minimum absolute atomic E-state index is 0.164. The molecule has 1 aromatic rings. The predicted octanol–water partition coefficient (Wildman–Crippen LogP) is 2.83. The van der Waals surface area contributed by atoms with E-state index in [0.717, 1.165) is 25.0 Å². The maximum Gasteiger partial charge on any atom is 0.357 e. The number of rotatable bonds is 3. The number of hydrogen-bond acceptors (Lipinski definition) is 4. The van der Waals surface area contributed by atoms with Gasteiger partial charge in [0.1, 0.15) is 0 Å². The van der Waals surface area contributed by atoms with E-state index >= 15 is 0 Å². The van der Waals surface area contributed by atoms with Crippen LogP contribution in [0.5, 0.6) is 0 Å². The van der Waals surface area contributed by atoms with Crippen molar-refractivity contribution in [3.05, 3.63) is 15.9 Å². The van der Waals surface area contributed by atoms with E-state index in [9.17, 15) is 4.79 Å². The van der Waals surface area contributed by atoms with Crippen molar-refractivity contribution in [2.75, 3.05) is 13.2 Å². The first-order valence-corrected chi connectivity index (χ1v) is 6.97. The molecule has 1 atom stereocenters. The zero-order valence-corrected chi connectivity index (χ0v) is 12.2. The number of aryl methyl sites for hydroxylation is 1. The highest BCUT2D eigenvalue weighted by Gasteiger charge is 2.27. The monoisotopic (exact) mass is 316 g/mol. The highest BCUT2D eigenvalue weighted by atomic mass is 79.9. The van der Waals surface area contributed by atoms with Crippen molar-refractivity contribution < 1.29 is 14.3 Å². The summed E-state index contributed by atoms with van der Waals surface area (Å²) >= 11 is 3.40. The molecule has 1 aliphatic rings. The van der Waals surface area contributed by atoms with Crippen molar-refractivity contribution in [2.45, 2.75) is 39.3 Å². The Morgan fingerprint density at radius 2 is 2.39 bits per heavy atom. The third-order valence-electron chi connectivity index (χ3n) is 2.91. The lowest BCUT2D eigenvalue weighted by Crippen LogP contribution is -2.23. The summed E-state index contributed by atoms with van der Waals surface area (Å²) in [5, 5.41) is 4.38. The summed E-state index contributed by atoms with van der Waals surface area (Å²) in [4.78, 5) is 12.0. The number of aromatic nitrogens is 2. The first kappa shape index (κ1) is 13.5. The number of carbonyl (C=O) groups is 1. The van der Waals surface area contributed by atoms with Gasteiger partial charge in [0.05, 0.1) is 16.8 Å². The summed E-state index contributed by atoms with van der Waals surface area (Å²) in [6.07, 6.45) is 2.86. The minimum Gasteiger partial charge on any atom is -0.461 e. The highest BCUT2D eigenvalue weighted by Crippen LogP contribution is 2.29. The van der Waals surface area contributed by atoms with Crippen molar-refractivity contribution in [1.29, 1.82) is 0 Å². The zero-order chi connectivity index (χ0) is 13.1. The minimum atomic E-state index is -0.362. The van der Waals surface area contributed by atoms with E-state index in [2.05, 4.69) is 21.0 Å². The summed E-state index contributed by atoms with van der Waals surface area (Å²) in [6, 6.07) is 0. The van der Waals surface area contributed by atoms with Crippen LogP contribution >= 0.6 is 15.9 Å². The quantitative estimate of drug-likeness (QED) is 0.805. The van der Waals surface area contributed by atoms with E-state index in [1.165, 1.54) is 0 Å². The van der Waals surface area contributed by atoms with Crippen LogP contribution in [0.1, 0.15) is 48.6 Å². The van der Waals surface area contributed by atoms with Gasteiger partial charge in [-0.05, 0) is 49.0 Å². The number of ether oxygens (including phenoxy) is 2. The summed E-state index contributed by atoms with van der Waals surface area (Å²) in [6.45, 7) is 4.70. The lowest BCUT2D eigenvalue weighted by Gasteiger charge is -2.24. The second kappa shape index (κ2) is 5.84. The first-order valence-electron chi connectivity index (χ1n) is 6.18.